The van der Waals surface area contributed by atoms with E-state index in [1.165, 1.54) is 5.01 Å². The van der Waals surface area contributed by atoms with Crippen LogP contribution < -0.4 is 11.6 Å². The van der Waals surface area contributed by atoms with Gasteiger partial charge in [0.2, 0.25) is 0 Å². The summed E-state index contributed by atoms with van der Waals surface area (Å²) in [6.07, 6.45) is 2.84. The summed E-state index contributed by atoms with van der Waals surface area (Å²) in [5.41, 5.74) is 8.95. The molecule has 2 aliphatic heterocycles. The Morgan fingerprint density at radius 1 is 1.28 bits per heavy atom. The fourth-order valence-electron chi connectivity index (χ4n) is 4.19. The number of hydrazine groups is 1. The van der Waals surface area contributed by atoms with E-state index in [0.717, 1.165) is 34.9 Å². The van der Waals surface area contributed by atoms with E-state index in [9.17, 15) is 4.79 Å². The number of benzene rings is 1. The second kappa shape index (κ2) is 10.6. The predicted molar refractivity (Wildman–Crippen MR) is 145 cm³/mol. The molecule has 0 aliphatic carbocycles. The van der Waals surface area contributed by atoms with E-state index in [1.807, 2.05) is 58.0 Å². The fraction of sp³-hybridized carbons (Fsp3) is 0.423. The minimum Gasteiger partial charge on any atom is -0.444 e. The van der Waals surface area contributed by atoms with Crippen molar-refractivity contribution in [1.29, 1.82) is 0 Å². The molecular formula is C26H33BrN6O3. The quantitative estimate of drug-likeness (QED) is 0.532. The zero-order valence-electron chi connectivity index (χ0n) is 21.1. The smallest absolute Gasteiger partial charge is 0.410 e. The third kappa shape index (κ3) is 5.71. The topological polar surface area (TPSA) is 119 Å². The number of rotatable bonds is 4. The minimum atomic E-state index is -0.625. The van der Waals surface area contributed by atoms with Crippen molar-refractivity contribution in [2.45, 2.75) is 52.2 Å². The Hall–Kier alpha value is -2.95. The molecule has 9 nitrogen and oxygen atoms in total. The molecule has 0 radical (unpaired) electrons. The van der Waals surface area contributed by atoms with Gasteiger partial charge in [0.25, 0.3) is 0 Å². The molecule has 1 saturated heterocycles. The largest absolute Gasteiger partial charge is 0.444 e. The Labute approximate surface area is 219 Å². The molecule has 0 saturated carbocycles. The predicted octanol–water partition coefficient (Wildman–Crippen LogP) is 4.49. The highest BCUT2D eigenvalue weighted by molar-refractivity contribution is 9.12. The molecule has 1 fully saturated rings. The number of pyridine rings is 1. The monoisotopic (exact) mass is 556 g/mol. The van der Waals surface area contributed by atoms with Gasteiger partial charge in [-0.25, -0.2) is 20.6 Å². The second-order valence-electron chi connectivity index (χ2n) is 9.94. The molecule has 0 spiro atoms. The van der Waals surface area contributed by atoms with Crippen LogP contribution in [-0.2, 0) is 9.47 Å². The third-order valence-electron chi connectivity index (χ3n) is 6.15. The van der Waals surface area contributed by atoms with E-state index in [4.69, 9.17) is 26.0 Å². The molecule has 192 valence electrons. The van der Waals surface area contributed by atoms with Gasteiger partial charge in [-0.3, -0.25) is 9.88 Å². The van der Waals surface area contributed by atoms with E-state index in [2.05, 4.69) is 20.9 Å². The van der Waals surface area contributed by atoms with Crippen LogP contribution in [-0.4, -0.2) is 58.1 Å². The van der Waals surface area contributed by atoms with Gasteiger partial charge < -0.3 is 15.2 Å². The highest BCUT2D eigenvalue weighted by Crippen LogP contribution is 2.30. The Balaban J connectivity index is 1.72. The first-order valence-electron chi connectivity index (χ1n) is 12.0. The molecule has 4 N–H and O–H groups in total. The molecule has 0 unspecified atom stereocenters. The van der Waals surface area contributed by atoms with Gasteiger partial charge in [0.1, 0.15) is 11.4 Å². The lowest BCUT2D eigenvalue weighted by Gasteiger charge is -2.36. The van der Waals surface area contributed by atoms with E-state index < -0.39 is 11.7 Å². The van der Waals surface area contributed by atoms with E-state index in [1.54, 1.807) is 11.1 Å². The van der Waals surface area contributed by atoms with Gasteiger partial charge in [-0.1, -0.05) is 18.2 Å². The third-order valence-corrected chi connectivity index (χ3v) is 7.01. The van der Waals surface area contributed by atoms with Crippen molar-refractivity contribution in [3.63, 3.8) is 0 Å². The summed E-state index contributed by atoms with van der Waals surface area (Å²) >= 11 is 3.55. The average molecular weight is 557 g/mol. The first kappa shape index (κ1) is 26.1. The number of ether oxygens (including phenoxy) is 2. The van der Waals surface area contributed by atoms with Crippen molar-refractivity contribution in [2.75, 3.05) is 19.8 Å². The fourth-order valence-corrected chi connectivity index (χ4v) is 4.60. The molecule has 0 atom stereocenters. The van der Waals surface area contributed by atoms with Gasteiger partial charge in [0.05, 0.1) is 22.3 Å². The number of allylic oxidation sites excluding steroid dienone is 1. The lowest BCUT2D eigenvalue weighted by atomic mass is 10.1. The molecule has 0 bridgehead atoms. The SMILES string of the molecule is C/C(=C1/N=C(CN(C(=O)OC(C)(C)C)C2CCOCC2)C(Br)=C(N)N1N)c1cnc2ccccc2c1. The molecule has 2 aliphatic rings. The second-order valence-corrected chi connectivity index (χ2v) is 10.7. The van der Waals surface area contributed by atoms with Crippen molar-refractivity contribution >= 4 is 44.2 Å². The van der Waals surface area contributed by atoms with E-state index >= 15 is 0 Å². The molecule has 1 aromatic heterocycles. The maximum Gasteiger partial charge on any atom is 0.410 e. The zero-order valence-corrected chi connectivity index (χ0v) is 22.7. The van der Waals surface area contributed by atoms with Gasteiger partial charge in [-0.15, -0.1) is 0 Å². The average Bonchev–Trinajstić information content (AvgIpc) is 2.85. The standard InChI is InChI=1S/C26H33BrN6O3/c1-16(18-13-17-7-5-6-8-20(17)30-14-18)24-31-21(22(27)23(28)33(24)29)15-32(19-9-11-35-12-10-19)25(34)36-26(2,3)4/h5-8,13-14,19H,9-12,15,28-29H2,1-4H3/b24-16+. The number of carbonyl (C=O) groups is 1. The molecular weight excluding hydrogens is 524 g/mol. The lowest BCUT2D eigenvalue weighted by molar-refractivity contribution is -0.00120. The summed E-state index contributed by atoms with van der Waals surface area (Å²) in [4.78, 5) is 24.4. The van der Waals surface area contributed by atoms with Crippen LogP contribution >= 0.6 is 15.9 Å². The number of nitrogens with zero attached hydrogens (tertiary/aromatic N) is 4. The summed E-state index contributed by atoms with van der Waals surface area (Å²) in [5, 5.41) is 2.36. The number of aromatic nitrogens is 1. The number of carbonyl (C=O) groups excluding carboxylic acids is 1. The van der Waals surface area contributed by atoms with Gasteiger partial charge >= 0.3 is 6.09 Å². The summed E-state index contributed by atoms with van der Waals surface area (Å²) in [6, 6.07) is 9.92. The van der Waals surface area contributed by atoms with Crippen molar-refractivity contribution in [3.8, 4) is 0 Å². The molecule has 2 aromatic rings. The summed E-state index contributed by atoms with van der Waals surface area (Å²) in [7, 11) is 0. The Bertz CT molecular complexity index is 1240. The van der Waals surface area contributed by atoms with Crippen LogP contribution in [0.15, 0.2) is 57.6 Å². The molecule has 4 rings (SSSR count). The van der Waals surface area contributed by atoms with Crippen LogP contribution in [0, 0.1) is 0 Å². The Morgan fingerprint density at radius 3 is 2.67 bits per heavy atom. The van der Waals surface area contributed by atoms with Crippen molar-refractivity contribution in [3.05, 3.63) is 58.2 Å². The highest BCUT2D eigenvalue weighted by atomic mass is 79.9. The Morgan fingerprint density at radius 2 is 1.97 bits per heavy atom. The number of hydrogen-bond acceptors (Lipinski definition) is 8. The first-order chi connectivity index (χ1) is 17.0. The van der Waals surface area contributed by atoms with Crippen molar-refractivity contribution < 1.29 is 14.3 Å². The van der Waals surface area contributed by atoms with Crippen LogP contribution in [0.1, 0.15) is 46.1 Å². The number of nitrogens with two attached hydrogens (primary N) is 2. The molecule has 1 aromatic carbocycles. The van der Waals surface area contributed by atoms with Crippen LogP contribution in [0.4, 0.5) is 4.79 Å². The first-order valence-corrected chi connectivity index (χ1v) is 12.8. The number of fused-ring (bicyclic) bond motifs is 1. The minimum absolute atomic E-state index is 0.0352. The van der Waals surface area contributed by atoms with Crippen LogP contribution in [0.5, 0.6) is 0 Å². The lowest BCUT2D eigenvalue weighted by Crippen LogP contribution is -2.49. The molecule has 10 heteroatoms. The molecule has 3 heterocycles. The maximum atomic E-state index is 13.2. The van der Waals surface area contributed by atoms with E-state index in [0.29, 0.717) is 35.0 Å². The summed E-state index contributed by atoms with van der Waals surface area (Å²) in [6.45, 7) is 8.88. The van der Waals surface area contributed by atoms with Crippen molar-refractivity contribution in [1.82, 2.24) is 14.9 Å². The van der Waals surface area contributed by atoms with Crippen LogP contribution in [0.3, 0.4) is 0 Å². The number of hydrogen-bond donors (Lipinski definition) is 2. The normalized spacial score (nSPS) is 18.8. The number of para-hydroxylation sites is 1. The maximum absolute atomic E-state index is 13.2. The van der Waals surface area contributed by atoms with Crippen LogP contribution in [0.25, 0.3) is 16.5 Å². The summed E-state index contributed by atoms with van der Waals surface area (Å²) in [5.74, 6) is 7.15. The number of amides is 1. The van der Waals surface area contributed by atoms with E-state index in [-0.39, 0.29) is 12.6 Å². The zero-order chi connectivity index (χ0) is 26.0. The number of halogens is 1. The van der Waals surface area contributed by atoms with Gasteiger partial charge in [-0.05, 0) is 68.6 Å². The van der Waals surface area contributed by atoms with Gasteiger partial charge in [0, 0.05) is 42.0 Å². The summed E-state index contributed by atoms with van der Waals surface area (Å²) < 4.78 is 11.8. The van der Waals surface area contributed by atoms with Crippen LogP contribution in [0.2, 0.25) is 0 Å². The van der Waals surface area contributed by atoms with Gasteiger partial charge in [0.15, 0.2) is 5.82 Å². The Kier molecular flexibility index (Phi) is 7.67. The number of aliphatic imine (C=N–C) groups is 1. The molecule has 1 amide bonds. The van der Waals surface area contributed by atoms with Crippen molar-refractivity contribution in [2.24, 2.45) is 16.6 Å². The molecule has 36 heavy (non-hydrogen) atoms. The highest BCUT2D eigenvalue weighted by Gasteiger charge is 2.33. The van der Waals surface area contributed by atoms with Gasteiger partial charge in [-0.2, -0.15) is 0 Å².